The van der Waals surface area contributed by atoms with Crippen molar-refractivity contribution in [1.82, 2.24) is 10.3 Å². The van der Waals surface area contributed by atoms with Crippen LogP contribution in [0.15, 0.2) is 18.2 Å². The molecule has 1 aromatic heterocycles. The Morgan fingerprint density at radius 2 is 2.12 bits per heavy atom. The van der Waals surface area contributed by atoms with E-state index in [0.29, 0.717) is 0 Å². The standard InChI is InChI=1S/C13H18N2S/c1-9-15-11-6-5-10(7-12(11)16-9)8-13(2,3)14-4/h5-7,14H,8H2,1-4H3. The fourth-order valence-corrected chi connectivity index (χ4v) is 2.68. The lowest BCUT2D eigenvalue weighted by Crippen LogP contribution is -2.38. The van der Waals surface area contributed by atoms with Crippen molar-refractivity contribution in [3.8, 4) is 0 Å². The van der Waals surface area contributed by atoms with E-state index in [9.17, 15) is 0 Å². The molecule has 0 radical (unpaired) electrons. The molecule has 2 nitrogen and oxygen atoms in total. The molecule has 0 aliphatic carbocycles. The number of nitrogens with one attached hydrogen (secondary N) is 1. The summed E-state index contributed by atoms with van der Waals surface area (Å²) >= 11 is 1.77. The first-order chi connectivity index (χ1) is 7.50. The number of aromatic nitrogens is 1. The molecule has 0 aliphatic heterocycles. The van der Waals surface area contributed by atoms with Gasteiger partial charge in [0.2, 0.25) is 0 Å². The van der Waals surface area contributed by atoms with Crippen LogP contribution in [0.3, 0.4) is 0 Å². The molecule has 2 aromatic rings. The third-order valence-electron chi connectivity index (χ3n) is 2.88. The molecule has 16 heavy (non-hydrogen) atoms. The van der Waals surface area contributed by atoms with Crippen LogP contribution in [0.5, 0.6) is 0 Å². The van der Waals surface area contributed by atoms with Gasteiger partial charge in [0.05, 0.1) is 15.2 Å². The number of rotatable bonds is 3. The molecule has 2 rings (SSSR count). The molecule has 1 N–H and O–H groups in total. The lowest BCUT2D eigenvalue weighted by molar-refractivity contribution is 0.422. The van der Waals surface area contributed by atoms with E-state index in [4.69, 9.17) is 0 Å². The van der Waals surface area contributed by atoms with Crippen molar-refractivity contribution in [3.05, 3.63) is 28.8 Å². The zero-order valence-corrected chi connectivity index (χ0v) is 11.1. The van der Waals surface area contributed by atoms with Crippen LogP contribution in [0.2, 0.25) is 0 Å². The summed E-state index contributed by atoms with van der Waals surface area (Å²) in [4.78, 5) is 4.47. The molecule has 0 saturated carbocycles. The Morgan fingerprint density at radius 3 is 2.81 bits per heavy atom. The highest BCUT2D eigenvalue weighted by Gasteiger charge is 2.15. The van der Waals surface area contributed by atoms with Gasteiger partial charge in [-0.05, 0) is 51.9 Å². The maximum absolute atomic E-state index is 4.47. The Morgan fingerprint density at radius 1 is 1.38 bits per heavy atom. The first-order valence-electron chi connectivity index (χ1n) is 5.55. The molecule has 0 fully saturated rings. The molecule has 0 unspecified atom stereocenters. The first kappa shape index (κ1) is 11.6. The average Bonchev–Trinajstić information content (AvgIpc) is 2.57. The highest BCUT2D eigenvalue weighted by atomic mass is 32.1. The van der Waals surface area contributed by atoms with Gasteiger partial charge in [-0.3, -0.25) is 0 Å². The van der Waals surface area contributed by atoms with Crippen molar-refractivity contribution in [2.24, 2.45) is 0 Å². The molecule has 0 saturated heterocycles. The third kappa shape index (κ3) is 2.42. The molecule has 0 atom stereocenters. The van der Waals surface area contributed by atoms with Gasteiger partial charge in [0.15, 0.2) is 0 Å². The van der Waals surface area contributed by atoms with Crippen molar-refractivity contribution >= 4 is 21.6 Å². The molecule has 0 bridgehead atoms. The lowest BCUT2D eigenvalue weighted by atomic mass is 9.95. The van der Waals surface area contributed by atoms with Gasteiger partial charge in [-0.25, -0.2) is 4.98 Å². The van der Waals surface area contributed by atoms with Gasteiger partial charge < -0.3 is 5.32 Å². The van der Waals surface area contributed by atoms with Gasteiger partial charge in [-0.15, -0.1) is 11.3 Å². The van der Waals surface area contributed by atoms with Gasteiger partial charge in [-0.2, -0.15) is 0 Å². The fraction of sp³-hybridized carbons (Fsp3) is 0.462. The highest BCUT2D eigenvalue weighted by molar-refractivity contribution is 7.18. The number of fused-ring (bicyclic) bond motifs is 1. The van der Waals surface area contributed by atoms with Crippen molar-refractivity contribution in [1.29, 1.82) is 0 Å². The molecule has 3 heteroatoms. The minimum absolute atomic E-state index is 0.146. The van der Waals surface area contributed by atoms with Crippen LogP contribution in [-0.2, 0) is 6.42 Å². The fourth-order valence-electron chi connectivity index (χ4n) is 1.79. The van der Waals surface area contributed by atoms with E-state index in [-0.39, 0.29) is 5.54 Å². The van der Waals surface area contributed by atoms with Gasteiger partial charge in [0, 0.05) is 5.54 Å². The first-order valence-corrected chi connectivity index (χ1v) is 6.37. The highest BCUT2D eigenvalue weighted by Crippen LogP contribution is 2.24. The summed E-state index contributed by atoms with van der Waals surface area (Å²) in [6, 6.07) is 6.57. The maximum Gasteiger partial charge on any atom is 0.0907 e. The van der Waals surface area contributed by atoms with Gasteiger partial charge in [0.1, 0.15) is 0 Å². The molecular formula is C13H18N2S. The van der Waals surface area contributed by atoms with Crippen molar-refractivity contribution < 1.29 is 0 Å². The second-order valence-corrected chi connectivity index (χ2v) is 6.08. The number of aryl methyl sites for hydroxylation is 1. The number of hydrogen-bond donors (Lipinski definition) is 1. The summed E-state index contributed by atoms with van der Waals surface area (Å²) in [6.45, 7) is 6.49. The largest absolute Gasteiger partial charge is 0.314 e. The Labute approximate surface area is 101 Å². The maximum atomic E-state index is 4.47. The Hall–Kier alpha value is -0.930. The van der Waals surface area contributed by atoms with Crippen LogP contribution in [0.4, 0.5) is 0 Å². The van der Waals surface area contributed by atoms with Gasteiger partial charge in [0.25, 0.3) is 0 Å². The summed E-state index contributed by atoms with van der Waals surface area (Å²) in [5.74, 6) is 0. The molecule has 0 aliphatic rings. The SMILES string of the molecule is CNC(C)(C)Cc1ccc2nc(C)sc2c1. The van der Waals surface area contributed by atoms with Gasteiger partial charge in [-0.1, -0.05) is 6.07 Å². The van der Waals surface area contributed by atoms with E-state index >= 15 is 0 Å². The summed E-state index contributed by atoms with van der Waals surface area (Å²) < 4.78 is 1.29. The zero-order chi connectivity index (χ0) is 11.8. The predicted octanol–water partition coefficient (Wildman–Crippen LogP) is 3.15. The zero-order valence-electron chi connectivity index (χ0n) is 10.3. The average molecular weight is 234 g/mol. The predicted molar refractivity (Wildman–Crippen MR) is 71.2 cm³/mol. The molecule has 0 spiro atoms. The second-order valence-electron chi connectivity index (χ2n) is 4.85. The van der Waals surface area contributed by atoms with Crippen LogP contribution in [0.1, 0.15) is 24.4 Å². The van der Waals surface area contributed by atoms with Crippen molar-refractivity contribution in [2.75, 3.05) is 7.05 Å². The normalized spacial score (nSPS) is 12.2. The lowest BCUT2D eigenvalue weighted by Gasteiger charge is -2.23. The van der Waals surface area contributed by atoms with E-state index in [1.54, 1.807) is 11.3 Å². The van der Waals surface area contributed by atoms with E-state index in [0.717, 1.165) is 16.9 Å². The monoisotopic (exact) mass is 234 g/mol. The van der Waals surface area contributed by atoms with Crippen molar-refractivity contribution in [2.45, 2.75) is 32.7 Å². The number of likely N-dealkylation sites (N-methyl/N-ethyl adjacent to an activating group) is 1. The Balaban J connectivity index is 2.32. The molecule has 1 heterocycles. The summed E-state index contributed by atoms with van der Waals surface area (Å²) in [6.07, 6.45) is 1.04. The van der Waals surface area contributed by atoms with Crippen molar-refractivity contribution in [3.63, 3.8) is 0 Å². The quantitative estimate of drug-likeness (QED) is 0.882. The van der Waals surface area contributed by atoms with E-state index < -0.39 is 0 Å². The van der Waals surface area contributed by atoms with Crippen LogP contribution in [0, 0.1) is 6.92 Å². The molecule has 86 valence electrons. The minimum atomic E-state index is 0.146. The summed E-state index contributed by atoms with van der Waals surface area (Å²) in [7, 11) is 2.01. The number of hydrogen-bond acceptors (Lipinski definition) is 3. The Kier molecular flexibility index (Phi) is 3.00. The molecule has 0 amide bonds. The smallest absolute Gasteiger partial charge is 0.0907 e. The van der Waals surface area contributed by atoms with E-state index in [1.165, 1.54) is 10.3 Å². The van der Waals surface area contributed by atoms with Crippen LogP contribution in [-0.4, -0.2) is 17.6 Å². The van der Waals surface area contributed by atoms with Crippen LogP contribution < -0.4 is 5.32 Å². The second kappa shape index (κ2) is 4.15. The van der Waals surface area contributed by atoms with Crippen LogP contribution in [0.25, 0.3) is 10.2 Å². The summed E-state index contributed by atoms with van der Waals surface area (Å²) in [5, 5.41) is 4.47. The van der Waals surface area contributed by atoms with E-state index in [2.05, 4.69) is 49.3 Å². The topological polar surface area (TPSA) is 24.9 Å². The number of benzene rings is 1. The molecule has 1 aromatic carbocycles. The third-order valence-corrected chi connectivity index (χ3v) is 3.82. The Bertz CT molecular complexity index is 500. The minimum Gasteiger partial charge on any atom is -0.314 e. The number of thiazole rings is 1. The van der Waals surface area contributed by atoms with Crippen LogP contribution >= 0.6 is 11.3 Å². The van der Waals surface area contributed by atoms with Gasteiger partial charge >= 0.3 is 0 Å². The summed E-state index contributed by atoms with van der Waals surface area (Å²) in [5.41, 5.74) is 2.64. The number of nitrogens with zero attached hydrogens (tertiary/aromatic N) is 1. The molecular weight excluding hydrogens is 216 g/mol. The van der Waals surface area contributed by atoms with E-state index in [1.807, 2.05) is 7.05 Å².